The van der Waals surface area contributed by atoms with Gasteiger partial charge in [0.15, 0.2) is 9.84 Å². The number of hydrogen-bond donors (Lipinski definition) is 1. The van der Waals surface area contributed by atoms with Gasteiger partial charge < -0.3 is 9.88 Å². The summed E-state index contributed by atoms with van der Waals surface area (Å²) < 4.78 is 24.5. The summed E-state index contributed by atoms with van der Waals surface area (Å²) in [5.74, 6) is -0.243. The second-order valence-corrected chi connectivity index (χ2v) is 8.25. The molecule has 0 aromatic carbocycles. The van der Waals surface area contributed by atoms with Crippen LogP contribution in [-0.2, 0) is 9.84 Å². The van der Waals surface area contributed by atoms with Gasteiger partial charge in [0.2, 0.25) is 0 Å². The van der Waals surface area contributed by atoms with E-state index >= 15 is 0 Å². The van der Waals surface area contributed by atoms with Crippen molar-refractivity contribution in [1.29, 1.82) is 0 Å². The largest absolute Gasteiger partial charge is 0.346 e. The highest BCUT2D eigenvalue weighted by atomic mass is 32.2. The van der Waals surface area contributed by atoms with Crippen LogP contribution in [0.4, 0.5) is 0 Å². The van der Waals surface area contributed by atoms with Crippen molar-refractivity contribution in [1.82, 2.24) is 19.9 Å². The maximum atomic E-state index is 12.8. The molecular weight excluding hydrogens is 304 g/mol. The predicted octanol–water partition coefficient (Wildman–Crippen LogP) is 0.996. The van der Waals surface area contributed by atoms with Crippen molar-refractivity contribution < 1.29 is 13.2 Å². The Bertz CT molecular complexity index is 814. The van der Waals surface area contributed by atoms with Crippen molar-refractivity contribution in [2.45, 2.75) is 30.8 Å². The first-order valence-corrected chi connectivity index (χ1v) is 8.86. The molecule has 1 amide bonds. The van der Waals surface area contributed by atoms with E-state index in [2.05, 4.69) is 15.0 Å². The number of amides is 1. The lowest BCUT2D eigenvalue weighted by atomic mass is 10.2. The van der Waals surface area contributed by atoms with E-state index in [1.807, 2.05) is 6.92 Å². The monoisotopic (exact) mass is 322 g/mol. The summed E-state index contributed by atoms with van der Waals surface area (Å²) >= 11 is 0. The number of hydrogen-bond acceptors (Lipinski definition) is 5. The third-order valence-corrected chi connectivity index (χ3v) is 6.91. The molecule has 1 N–H and O–H groups in total. The number of nitrogens with one attached hydrogen (secondary N) is 1. The molecule has 1 fully saturated rings. The van der Waals surface area contributed by atoms with E-state index in [0.29, 0.717) is 23.1 Å². The van der Waals surface area contributed by atoms with Gasteiger partial charge in [0.25, 0.3) is 5.91 Å². The number of carbonyl (C=O) groups is 1. The highest BCUT2D eigenvalue weighted by molar-refractivity contribution is 7.92. The second kappa shape index (κ2) is 5.35. The Morgan fingerprint density at radius 2 is 2.18 bits per heavy atom. The van der Waals surface area contributed by atoms with Gasteiger partial charge in [-0.05, 0) is 19.4 Å². The summed E-state index contributed by atoms with van der Waals surface area (Å²) in [6, 6.07) is 1.75. The van der Waals surface area contributed by atoms with E-state index in [0.717, 1.165) is 0 Å². The minimum atomic E-state index is -3.17. The van der Waals surface area contributed by atoms with Crippen LogP contribution < -0.4 is 0 Å². The Morgan fingerprint density at radius 1 is 1.41 bits per heavy atom. The standard InChI is InChI=1S/C14H18N4O3S/c1-3-10-7-18(6-9(2)22(10,20)21)14(19)12-11-4-5-15-13(11)17-8-16-12/h4-5,8-10H,3,6-7H2,1-2H3,(H,15,16,17). The summed E-state index contributed by atoms with van der Waals surface area (Å²) in [7, 11) is -3.17. The smallest absolute Gasteiger partial charge is 0.273 e. The lowest BCUT2D eigenvalue weighted by Gasteiger charge is -2.35. The molecule has 0 aliphatic carbocycles. The Labute approximate surface area is 128 Å². The molecule has 3 rings (SSSR count). The quantitative estimate of drug-likeness (QED) is 0.889. The van der Waals surface area contributed by atoms with Crippen LogP contribution in [-0.4, -0.2) is 57.8 Å². The molecule has 1 aliphatic heterocycles. The van der Waals surface area contributed by atoms with Crippen LogP contribution in [0.25, 0.3) is 11.0 Å². The molecule has 22 heavy (non-hydrogen) atoms. The SMILES string of the molecule is CCC1CN(C(=O)c2ncnc3[nH]ccc23)CC(C)S1(=O)=O. The van der Waals surface area contributed by atoms with Crippen LogP contribution in [0.2, 0.25) is 0 Å². The summed E-state index contributed by atoms with van der Waals surface area (Å²) in [5.41, 5.74) is 0.913. The van der Waals surface area contributed by atoms with Gasteiger partial charge in [-0.15, -0.1) is 0 Å². The van der Waals surface area contributed by atoms with Crippen LogP contribution in [0.3, 0.4) is 0 Å². The second-order valence-electron chi connectivity index (χ2n) is 5.60. The molecule has 7 nitrogen and oxygen atoms in total. The van der Waals surface area contributed by atoms with Gasteiger partial charge in [0.1, 0.15) is 17.7 Å². The first kappa shape index (κ1) is 15.0. The van der Waals surface area contributed by atoms with Gasteiger partial charge in [-0.25, -0.2) is 18.4 Å². The van der Waals surface area contributed by atoms with Crippen LogP contribution in [0.15, 0.2) is 18.6 Å². The normalized spacial score (nSPS) is 24.5. The Morgan fingerprint density at radius 3 is 2.91 bits per heavy atom. The molecule has 2 atom stereocenters. The maximum absolute atomic E-state index is 12.8. The molecule has 1 aliphatic rings. The van der Waals surface area contributed by atoms with Crippen molar-refractivity contribution in [3.8, 4) is 0 Å². The van der Waals surface area contributed by atoms with E-state index < -0.39 is 20.3 Å². The fourth-order valence-electron chi connectivity index (χ4n) is 2.89. The zero-order valence-electron chi connectivity index (χ0n) is 12.5. The van der Waals surface area contributed by atoms with E-state index in [1.54, 1.807) is 24.1 Å². The van der Waals surface area contributed by atoms with Gasteiger partial charge in [0.05, 0.1) is 15.9 Å². The topological polar surface area (TPSA) is 96.0 Å². The molecule has 8 heteroatoms. The first-order valence-electron chi connectivity index (χ1n) is 7.25. The van der Waals surface area contributed by atoms with E-state index in [4.69, 9.17) is 0 Å². The average molecular weight is 322 g/mol. The zero-order chi connectivity index (χ0) is 15.9. The molecular formula is C14H18N4O3S. The number of fused-ring (bicyclic) bond motifs is 1. The average Bonchev–Trinajstić information content (AvgIpc) is 2.97. The number of rotatable bonds is 2. The van der Waals surface area contributed by atoms with Gasteiger partial charge in [-0.1, -0.05) is 6.92 Å². The number of carbonyl (C=O) groups excluding carboxylic acids is 1. The summed E-state index contributed by atoms with van der Waals surface area (Å²) in [6.07, 6.45) is 3.54. The number of sulfone groups is 1. The summed E-state index contributed by atoms with van der Waals surface area (Å²) in [4.78, 5) is 25.5. The molecule has 2 aromatic rings. The van der Waals surface area contributed by atoms with Crippen LogP contribution >= 0.6 is 0 Å². The van der Waals surface area contributed by atoms with Crippen molar-refractivity contribution in [3.05, 3.63) is 24.3 Å². The van der Waals surface area contributed by atoms with Crippen molar-refractivity contribution in [2.75, 3.05) is 13.1 Å². The third-order valence-electron chi connectivity index (χ3n) is 4.23. The number of H-pyrrole nitrogens is 1. The first-order chi connectivity index (χ1) is 10.4. The summed E-state index contributed by atoms with van der Waals surface area (Å²) in [5, 5.41) is -0.413. The third kappa shape index (κ3) is 2.27. The van der Waals surface area contributed by atoms with E-state index in [9.17, 15) is 13.2 Å². The van der Waals surface area contributed by atoms with Crippen molar-refractivity contribution in [3.63, 3.8) is 0 Å². The van der Waals surface area contributed by atoms with Crippen molar-refractivity contribution >= 4 is 26.8 Å². The van der Waals surface area contributed by atoms with Crippen LogP contribution in [0.1, 0.15) is 30.8 Å². The fraction of sp³-hybridized carbons (Fsp3) is 0.500. The zero-order valence-corrected chi connectivity index (χ0v) is 13.3. The van der Waals surface area contributed by atoms with Gasteiger partial charge in [-0.3, -0.25) is 4.79 Å². The lowest BCUT2D eigenvalue weighted by molar-refractivity contribution is 0.0743. The molecule has 3 heterocycles. The molecule has 1 saturated heterocycles. The van der Waals surface area contributed by atoms with Gasteiger partial charge >= 0.3 is 0 Å². The molecule has 2 unspecified atom stereocenters. The number of aromatic amines is 1. The minimum Gasteiger partial charge on any atom is -0.346 e. The maximum Gasteiger partial charge on any atom is 0.273 e. The fourth-order valence-corrected chi connectivity index (χ4v) is 4.78. The Hall–Kier alpha value is -1.96. The number of nitrogens with zero attached hydrogens (tertiary/aromatic N) is 3. The number of aromatic nitrogens is 3. The predicted molar refractivity (Wildman–Crippen MR) is 82.3 cm³/mol. The Kier molecular flexibility index (Phi) is 3.64. The van der Waals surface area contributed by atoms with Gasteiger partial charge in [0, 0.05) is 19.3 Å². The van der Waals surface area contributed by atoms with E-state index in [-0.39, 0.29) is 19.0 Å². The highest BCUT2D eigenvalue weighted by Crippen LogP contribution is 2.23. The van der Waals surface area contributed by atoms with Crippen LogP contribution in [0.5, 0.6) is 0 Å². The molecule has 0 saturated carbocycles. The van der Waals surface area contributed by atoms with Gasteiger partial charge in [-0.2, -0.15) is 0 Å². The minimum absolute atomic E-state index is 0.202. The molecule has 0 radical (unpaired) electrons. The summed E-state index contributed by atoms with van der Waals surface area (Å²) in [6.45, 7) is 3.91. The molecule has 118 valence electrons. The molecule has 0 bridgehead atoms. The lowest BCUT2D eigenvalue weighted by Crippen LogP contribution is -2.53. The van der Waals surface area contributed by atoms with Crippen LogP contribution in [0, 0.1) is 0 Å². The van der Waals surface area contributed by atoms with E-state index in [1.165, 1.54) is 6.33 Å². The Balaban J connectivity index is 1.94. The molecule has 0 spiro atoms. The van der Waals surface area contributed by atoms with Crippen molar-refractivity contribution in [2.24, 2.45) is 0 Å². The highest BCUT2D eigenvalue weighted by Gasteiger charge is 2.39. The molecule has 2 aromatic heterocycles.